The van der Waals surface area contributed by atoms with Crippen molar-refractivity contribution in [2.75, 3.05) is 18.4 Å². The van der Waals surface area contributed by atoms with E-state index in [2.05, 4.69) is 40.3 Å². The third-order valence-electron chi connectivity index (χ3n) is 2.90. The minimum absolute atomic E-state index is 0. The molecule has 0 radical (unpaired) electrons. The molecule has 3 rings (SSSR count). The van der Waals surface area contributed by atoms with E-state index in [1.165, 1.54) is 22.2 Å². The normalized spacial score (nSPS) is 19.6. The first-order chi connectivity index (χ1) is 7.43. The predicted molar refractivity (Wildman–Crippen MR) is 74.0 cm³/mol. The fourth-order valence-corrected chi connectivity index (χ4v) is 2.98. The molecule has 2 nitrogen and oxygen atoms in total. The zero-order valence-electron chi connectivity index (χ0n) is 8.90. The highest BCUT2D eigenvalue weighted by Crippen LogP contribution is 2.29. The van der Waals surface area contributed by atoms with Gasteiger partial charge < -0.3 is 10.6 Å². The Morgan fingerprint density at radius 1 is 1.31 bits per heavy atom. The van der Waals surface area contributed by atoms with E-state index in [4.69, 9.17) is 0 Å². The third kappa shape index (κ3) is 2.17. The molecule has 1 aromatic carbocycles. The standard InChI is InChI=1S/C12H14N2S.ClH/c1-2-9-5-7-15-12(9)11(3-1)14-10-4-6-13-8-10;/h1-3,5,7,10,13-14H,4,6,8H2;1H. The second kappa shape index (κ2) is 5.04. The summed E-state index contributed by atoms with van der Waals surface area (Å²) in [5.41, 5.74) is 1.29. The SMILES string of the molecule is Cl.c1cc(NC2CCNC2)c2sccc2c1. The van der Waals surface area contributed by atoms with Crippen molar-refractivity contribution in [3.8, 4) is 0 Å². The lowest BCUT2D eigenvalue weighted by atomic mass is 10.2. The molecule has 1 fully saturated rings. The monoisotopic (exact) mass is 254 g/mol. The highest BCUT2D eigenvalue weighted by molar-refractivity contribution is 7.17. The van der Waals surface area contributed by atoms with E-state index in [9.17, 15) is 0 Å². The van der Waals surface area contributed by atoms with Crippen LogP contribution < -0.4 is 10.6 Å². The molecular formula is C12H15ClN2S. The van der Waals surface area contributed by atoms with Crippen molar-refractivity contribution < 1.29 is 0 Å². The molecule has 86 valence electrons. The maximum Gasteiger partial charge on any atom is 0.0574 e. The molecule has 16 heavy (non-hydrogen) atoms. The van der Waals surface area contributed by atoms with Crippen LogP contribution in [-0.2, 0) is 0 Å². The summed E-state index contributed by atoms with van der Waals surface area (Å²) >= 11 is 1.81. The summed E-state index contributed by atoms with van der Waals surface area (Å²) in [4.78, 5) is 0. The van der Waals surface area contributed by atoms with Crippen molar-refractivity contribution in [1.29, 1.82) is 0 Å². The quantitative estimate of drug-likeness (QED) is 0.861. The number of benzene rings is 1. The van der Waals surface area contributed by atoms with Crippen LogP contribution in [0.4, 0.5) is 5.69 Å². The molecule has 1 aliphatic heterocycles. The third-order valence-corrected chi connectivity index (χ3v) is 3.86. The fraction of sp³-hybridized carbons (Fsp3) is 0.333. The van der Waals surface area contributed by atoms with Crippen LogP contribution in [0, 0.1) is 0 Å². The maximum atomic E-state index is 3.62. The maximum absolute atomic E-state index is 3.62. The van der Waals surface area contributed by atoms with Crippen molar-refractivity contribution >= 4 is 39.5 Å². The number of anilines is 1. The van der Waals surface area contributed by atoms with Gasteiger partial charge in [-0.1, -0.05) is 12.1 Å². The van der Waals surface area contributed by atoms with Crippen LogP contribution in [0.15, 0.2) is 29.6 Å². The van der Waals surface area contributed by atoms with Crippen molar-refractivity contribution in [1.82, 2.24) is 5.32 Å². The second-order valence-corrected chi connectivity index (χ2v) is 4.89. The van der Waals surface area contributed by atoms with Crippen LogP contribution >= 0.6 is 23.7 Å². The Morgan fingerprint density at radius 2 is 2.25 bits per heavy atom. The number of thiophene rings is 1. The van der Waals surface area contributed by atoms with Crippen LogP contribution in [0.5, 0.6) is 0 Å². The number of halogens is 1. The number of hydrogen-bond donors (Lipinski definition) is 2. The number of nitrogens with one attached hydrogen (secondary N) is 2. The van der Waals surface area contributed by atoms with Crippen LogP contribution in [0.25, 0.3) is 10.1 Å². The van der Waals surface area contributed by atoms with Crippen LogP contribution in [0.1, 0.15) is 6.42 Å². The zero-order chi connectivity index (χ0) is 10.1. The molecule has 0 aliphatic carbocycles. The van der Waals surface area contributed by atoms with E-state index in [0.29, 0.717) is 6.04 Å². The Hall–Kier alpha value is -0.770. The van der Waals surface area contributed by atoms with Gasteiger partial charge in [0.15, 0.2) is 0 Å². The van der Waals surface area contributed by atoms with Crippen LogP contribution in [-0.4, -0.2) is 19.1 Å². The van der Waals surface area contributed by atoms with Crippen molar-refractivity contribution in [3.05, 3.63) is 29.6 Å². The lowest BCUT2D eigenvalue weighted by molar-refractivity contribution is 0.795. The summed E-state index contributed by atoms with van der Waals surface area (Å²) in [5.74, 6) is 0. The van der Waals surface area contributed by atoms with Gasteiger partial charge in [0.1, 0.15) is 0 Å². The van der Waals surface area contributed by atoms with Gasteiger partial charge in [-0.25, -0.2) is 0 Å². The van der Waals surface area contributed by atoms with Crippen molar-refractivity contribution in [2.24, 2.45) is 0 Å². The highest BCUT2D eigenvalue weighted by Gasteiger charge is 2.14. The van der Waals surface area contributed by atoms with Gasteiger partial charge in [0.25, 0.3) is 0 Å². The number of rotatable bonds is 2. The molecule has 0 bridgehead atoms. The summed E-state index contributed by atoms with van der Waals surface area (Å²) in [6.45, 7) is 2.22. The predicted octanol–water partition coefficient (Wildman–Crippen LogP) is 3.10. The van der Waals surface area contributed by atoms with Gasteiger partial charge in [0.2, 0.25) is 0 Å². The molecule has 0 spiro atoms. The molecular weight excluding hydrogens is 240 g/mol. The lowest BCUT2D eigenvalue weighted by Gasteiger charge is -2.13. The smallest absolute Gasteiger partial charge is 0.0574 e. The molecule has 1 aromatic heterocycles. The fourth-order valence-electron chi connectivity index (χ4n) is 2.10. The second-order valence-electron chi connectivity index (χ2n) is 3.98. The Morgan fingerprint density at radius 3 is 3.06 bits per heavy atom. The first-order valence-corrected chi connectivity index (χ1v) is 6.25. The summed E-state index contributed by atoms with van der Waals surface area (Å²) in [7, 11) is 0. The lowest BCUT2D eigenvalue weighted by Crippen LogP contribution is -2.21. The number of hydrogen-bond acceptors (Lipinski definition) is 3. The van der Waals surface area contributed by atoms with Gasteiger partial charge in [-0.2, -0.15) is 0 Å². The Kier molecular flexibility index (Phi) is 3.69. The van der Waals surface area contributed by atoms with Gasteiger partial charge in [-0.05, 0) is 35.9 Å². The molecule has 2 heterocycles. The largest absolute Gasteiger partial charge is 0.380 e. The average Bonchev–Trinajstić information content (AvgIpc) is 2.87. The van der Waals surface area contributed by atoms with E-state index in [1.807, 2.05) is 11.3 Å². The van der Waals surface area contributed by atoms with E-state index in [-0.39, 0.29) is 12.4 Å². The van der Waals surface area contributed by atoms with Gasteiger partial charge in [0, 0.05) is 12.6 Å². The zero-order valence-corrected chi connectivity index (χ0v) is 10.5. The average molecular weight is 255 g/mol. The van der Waals surface area contributed by atoms with Crippen LogP contribution in [0.3, 0.4) is 0 Å². The van der Waals surface area contributed by atoms with Crippen molar-refractivity contribution in [3.63, 3.8) is 0 Å². The summed E-state index contributed by atoms with van der Waals surface area (Å²) in [6, 6.07) is 9.25. The minimum atomic E-state index is 0. The van der Waals surface area contributed by atoms with E-state index in [1.54, 1.807) is 0 Å². The van der Waals surface area contributed by atoms with Gasteiger partial charge in [0.05, 0.1) is 10.4 Å². The molecule has 1 unspecified atom stereocenters. The Balaban J connectivity index is 0.000000963. The molecule has 1 aliphatic rings. The Bertz CT molecular complexity index is 463. The van der Waals surface area contributed by atoms with Crippen LogP contribution in [0.2, 0.25) is 0 Å². The Labute approximate surface area is 105 Å². The molecule has 1 saturated heterocycles. The van der Waals surface area contributed by atoms with Crippen molar-refractivity contribution in [2.45, 2.75) is 12.5 Å². The number of fused-ring (bicyclic) bond motifs is 1. The van der Waals surface area contributed by atoms with Gasteiger partial charge in [-0.3, -0.25) is 0 Å². The molecule has 0 amide bonds. The topological polar surface area (TPSA) is 24.1 Å². The molecule has 2 N–H and O–H groups in total. The molecule has 0 saturated carbocycles. The first-order valence-electron chi connectivity index (χ1n) is 5.37. The van der Waals surface area contributed by atoms with E-state index in [0.717, 1.165) is 13.1 Å². The minimum Gasteiger partial charge on any atom is -0.380 e. The summed E-state index contributed by atoms with van der Waals surface area (Å²) in [6.07, 6.45) is 1.22. The van der Waals surface area contributed by atoms with Gasteiger partial charge >= 0.3 is 0 Å². The molecule has 1 atom stereocenters. The highest BCUT2D eigenvalue weighted by atomic mass is 35.5. The summed E-state index contributed by atoms with van der Waals surface area (Å²) < 4.78 is 1.38. The van der Waals surface area contributed by atoms with Gasteiger partial charge in [-0.15, -0.1) is 23.7 Å². The summed E-state index contributed by atoms with van der Waals surface area (Å²) in [5, 5.41) is 10.5. The first kappa shape index (κ1) is 11.7. The molecule has 4 heteroatoms. The van der Waals surface area contributed by atoms with E-state index < -0.39 is 0 Å². The van der Waals surface area contributed by atoms with E-state index >= 15 is 0 Å². The molecule has 2 aromatic rings.